The molecule has 1 rings (SSSR count). The molecule has 1 fully saturated rings. The fraction of sp³-hybridized carbons (Fsp3) is 0.750. The van der Waals surface area contributed by atoms with Crippen LogP contribution < -0.4 is 16.8 Å². The summed E-state index contributed by atoms with van der Waals surface area (Å²) in [5.74, 6) is -2.83. The highest BCUT2D eigenvalue weighted by Crippen LogP contribution is 2.22. The lowest BCUT2D eigenvalue weighted by Crippen LogP contribution is -2.49. The van der Waals surface area contributed by atoms with Crippen LogP contribution in [-0.4, -0.2) is 35.0 Å². The smallest absolute Gasteiger partial charge is 0.326 e. The number of nitrogens with two attached hydrogens (primary N) is 2. The van der Waals surface area contributed by atoms with Crippen molar-refractivity contribution >= 4 is 17.8 Å². The van der Waals surface area contributed by atoms with Crippen molar-refractivity contribution in [3.8, 4) is 0 Å². The first-order valence-corrected chi connectivity index (χ1v) is 6.49. The lowest BCUT2D eigenvalue weighted by molar-refractivity contribution is -0.144. The average Bonchev–Trinajstić information content (AvgIpc) is 2.52. The molecule has 2 unspecified atom stereocenters. The molecule has 0 heterocycles. The van der Waals surface area contributed by atoms with Gasteiger partial charge in [0, 0.05) is 6.04 Å². The minimum atomic E-state index is -1.28. The zero-order valence-corrected chi connectivity index (χ0v) is 10.8. The Bertz CT molecular complexity index is 359. The van der Waals surface area contributed by atoms with Crippen LogP contribution in [-0.2, 0) is 14.4 Å². The molecule has 7 nitrogen and oxygen atoms in total. The number of hydrogen-bond donors (Lipinski definition) is 4. The molecular weight excluding hydrogens is 250 g/mol. The zero-order chi connectivity index (χ0) is 14.4. The van der Waals surface area contributed by atoms with Crippen LogP contribution in [0.5, 0.6) is 0 Å². The number of aliphatic carboxylic acids is 1. The molecule has 7 heteroatoms. The Hall–Kier alpha value is -1.63. The molecule has 3 atom stereocenters. The number of amides is 2. The third-order valence-electron chi connectivity index (χ3n) is 3.43. The molecule has 0 saturated heterocycles. The molecule has 0 aromatic carbocycles. The van der Waals surface area contributed by atoms with Gasteiger partial charge in [-0.05, 0) is 12.8 Å². The first kappa shape index (κ1) is 15.4. The van der Waals surface area contributed by atoms with Crippen LogP contribution in [0.15, 0.2) is 0 Å². The molecule has 0 bridgehead atoms. The molecule has 108 valence electrons. The van der Waals surface area contributed by atoms with Crippen molar-refractivity contribution in [2.45, 2.75) is 50.6 Å². The first-order valence-electron chi connectivity index (χ1n) is 6.49. The van der Waals surface area contributed by atoms with E-state index in [1.165, 1.54) is 0 Å². The minimum Gasteiger partial charge on any atom is -0.480 e. The Morgan fingerprint density at radius 3 is 2.42 bits per heavy atom. The highest BCUT2D eigenvalue weighted by Gasteiger charge is 2.30. The molecule has 1 aliphatic rings. The molecule has 0 aliphatic heterocycles. The predicted octanol–water partition coefficient (Wildman–Crippen LogP) is -0.661. The SMILES string of the molecule is NC(=O)C[C@H](NC(=O)C1CCCCCC1N)C(=O)O. The Morgan fingerprint density at radius 1 is 1.21 bits per heavy atom. The van der Waals surface area contributed by atoms with E-state index in [2.05, 4.69) is 5.32 Å². The topological polar surface area (TPSA) is 136 Å². The fourth-order valence-electron chi connectivity index (χ4n) is 2.34. The van der Waals surface area contributed by atoms with E-state index in [9.17, 15) is 14.4 Å². The van der Waals surface area contributed by atoms with Gasteiger partial charge in [-0.2, -0.15) is 0 Å². The minimum absolute atomic E-state index is 0.259. The zero-order valence-electron chi connectivity index (χ0n) is 10.8. The number of carboxylic acid groups (broad SMARTS) is 1. The van der Waals surface area contributed by atoms with Crippen molar-refractivity contribution in [3.05, 3.63) is 0 Å². The summed E-state index contributed by atoms with van der Waals surface area (Å²) in [7, 11) is 0. The first-order chi connectivity index (χ1) is 8.91. The summed E-state index contributed by atoms with van der Waals surface area (Å²) in [5, 5.41) is 11.3. The van der Waals surface area contributed by atoms with Crippen LogP contribution in [0.25, 0.3) is 0 Å². The quantitative estimate of drug-likeness (QED) is 0.492. The molecule has 6 N–H and O–H groups in total. The Morgan fingerprint density at radius 2 is 1.84 bits per heavy atom. The van der Waals surface area contributed by atoms with Crippen LogP contribution in [0.3, 0.4) is 0 Å². The van der Waals surface area contributed by atoms with E-state index in [-0.39, 0.29) is 6.04 Å². The van der Waals surface area contributed by atoms with Crippen molar-refractivity contribution in [3.63, 3.8) is 0 Å². The summed E-state index contributed by atoms with van der Waals surface area (Å²) in [6, 6.07) is -1.54. The monoisotopic (exact) mass is 271 g/mol. The summed E-state index contributed by atoms with van der Waals surface area (Å²) in [6.07, 6.45) is 3.90. The van der Waals surface area contributed by atoms with Crippen LogP contribution in [0, 0.1) is 5.92 Å². The maximum absolute atomic E-state index is 12.1. The van der Waals surface area contributed by atoms with Gasteiger partial charge >= 0.3 is 5.97 Å². The van der Waals surface area contributed by atoms with Crippen LogP contribution in [0.2, 0.25) is 0 Å². The average molecular weight is 271 g/mol. The number of carbonyl (C=O) groups is 3. The molecule has 1 saturated carbocycles. The van der Waals surface area contributed by atoms with Crippen molar-refractivity contribution in [2.24, 2.45) is 17.4 Å². The largest absolute Gasteiger partial charge is 0.480 e. The van der Waals surface area contributed by atoms with Gasteiger partial charge in [-0.3, -0.25) is 9.59 Å². The summed E-state index contributed by atoms with van der Waals surface area (Å²) >= 11 is 0. The second-order valence-electron chi connectivity index (χ2n) is 4.98. The van der Waals surface area contributed by atoms with Crippen LogP contribution in [0.4, 0.5) is 0 Å². The predicted molar refractivity (Wildman–Crippen MR) is 67.9 cm³/mol. The molecule has 0 aromatic rings. The highest BCUT2D eigenvalue weighted by molar-refractivity contribution is 5.89. The second-order valence-corrected chi connectivity index (χ2v) is 4.98. The highest BCUT2D eigenvalue weighted by atomic mass is 16.4. The van der Waals surface area contributed by atoms with Gasteiger partial charge in [0.1, 0.15) is 6.04 Å². The van der Waals surface area contributed by atoms with E-state index in [4.69, 9.17) is 16.6 Å². The molecule has 0 radical (unpaired) electrons. The fourth-order valence-corrected chi connectivity index (χ4v) is 2.34. The lowest BCUT2D eigenvalue weighted by Gasteiger charge is -2.22. The Kier molecular flexibility index (Phi) is 5.75. The van der Waals surface area contributed by atoms with Crippen molar-refractivity contribution in [1.29, 1.82) is 0 Å². The van der Waals surface area contributed by atoms with Crippen LogP contribution in [0.1, 0.15) is 38.5 Å². The van der Waals surface area contributed by atoms with Gasteiger partial charge in [0.25, 0.3) is 0 Å². The third kappa shape index (κ3) is 4.86. The van der Waals surface area contributed by atoms with Gasteiger partial charge in [0.05, 0.1) is 12.3 Å². The third-order valence-corrected chi connectivity index (χ3v) is 3.43. The van der Waals surface area contributed by atoms with E-state index in [0.717, 1.165) is 25.7 Å². The number of primary amides is 1. The van der Waals surface area contributed by atoms with E-state index >= 15 is 0 Å². The van der Waals surface area contributed by atoms with Crippen molar-refractivity contribution < 1.29 is 19.5 Å². The Balaban J connectivity index is 2.64. The summed E-state index contributed by atoms with van der Waals surface area (Å²) < 4.78 is 0. The van der Waals surface area contributed by atoms with Gasteiger partial charge < -0.3 is 21.9 Å². The molecular formula is C12H21N3O4. The number of rotatable bonds is 5. The standard InChI is InChI=1S/C12H21N3O4/c13-8-5-3-1-2-4-7(8)11(17)15-9(12(18)19)6-10(14)16/h7-9H,1-6,13H2,(H2,14,16)(H,15,17)(H,18,19)/t7?,8?,9-/m0/s1. The molecule has 0 aromatic heterocycles. The second kappa shape index (κ2) is 7.08. The lowest BCUT2D eigenvalue weighted by atomic mass is 9.94. The number of nitrogens with one attached hydrogen (secondary N) is 1. The van der Waals surface area contributed by atoms with Gasteiger partial charge in [-0.25, -0.2) is 4.79 Å². The summed E-state index contributed by atoms with van der Waals surface area (Å²) in [5.41, 5.74) is 10.9. The maximum Gasteiger partial charge on any atom is 0.326 e. The van der Waals surface area contributed by atoms with Crippen LogP contribution >= 0.6 is 0 Å². The van der Waals surface area contributed by atoms with Gasteiger partial charge in [0.15, 0.2) is 0 Å². The maximum atomic E-state index is 12.1. The van der Waals surface area contributed by atoms with E-state index in [0.29, 0.717) is 6.42 Å². The van der Waals surface area contributed by atoms with E-state index in [1.807, 2.05) is 0 Å². The number of carbonyl (C=O) groups excluding carboxylic acids is 2. The van der Waals surface area contributed by atoms with E-state index < -0.39 is 36.2 Å². The number of hydrogen-bond acceptors (Lipinski definition) is 4. The van der Waals surface area contributed by atoms with Crippen molar-refractivity contribution in [1.82, 2.24) is 5.32 Å². The molecule has 19 heavy (non-hydrogen) atoms. The van der Waals surface area contributed by atoms with Gasteiger partial charge in [-0.1, -0.05) is 19.3 Å². The summed E-state index contributed by atoms with van der Waals surface area (Å²) in [6.45, 7) is 0. The normalized spacial score (nSPS) is 25.1. The Labute approximate surface area is 111 Å². The number of carboxylic acids is 1. The van der Waals surface area contributed by atoms with Gasteiger partial charge in [-0.15, -0.1) is 0 Å². The van der Waals surface area contributed by atoms with Crippen molar-refractivity contribution in [2.75, 3.05) is 0 Å². The molecule has 1 aliphatic carbocycles. The molecule has 2 amide bonds. The van der Waals surface area contributed by atoms with Gasteiger partial charge in [0.2, 0.25) is 11.8 Å². The van der Waals surface area contributed by atoms with E-state index in [1.54, 1.807) is 0 Å². The summed E-state index contributed by atoms with van der Waals surface area (Å²) in [4.78, 5) is 33.8. The molecule has 0 spiro atoms.